The fraction of sp³-hybridized carbons (Fsp3) is 0.471. The Kier molecular flexibility index (Phi) is 4.63. The molecule has 1 amide bonds. The average Bonchev–Trinajstić information content (AvgIpc) is 2.97. The molecule has 0 radical (unpaired) electrons. The predicted molar refractivity (Wildman–Crippen MR) is 92.3 cm³/mol. The first-order chi connectivity index (χ1) is 11.9. The largest absolute Gasteiger partial charge is 0.386 e. The first kappa shape index (κ1) is 17.2. The Morgan fingerprint density at radius 3 is 2.80 bits per heavy atom. The maximum Gasteiger partial charge on any atom is 0.257 e. The van der Waals surface area contributed by atoms with Gasteiger partial charge in [0.05, 0.1) is 24.0 Å². The van der Waals surface area contributed by atoms with E-state index >= 15 is 0 Å². The third-order valence-corrected chi connectivity index (χ3v) is 4.41. The van der Waals surface area contributed by atoms with Gasteiger partial charge >= 0.3 is 0 Å². The van der Waals surface area contributed by atoms with E-state index in [1.807, 2.05) is 4.90 Å². The van der Waals surface area contributed by atoms with E-state index in [-0.39, 0.29) is 12.5 Å². The lowest BCUT2D eigenvalue weighted by Gasteiger charge is -2.29. The smallest absolute Gasteiger partial charge is 0.257 e. The lowest BCUT2D eigenvalue weighted by Crippen LogP contribution is -2.46. The third kappa shape index (κ3) is 3.74. The molecule has 1 aliphatic rings. The van der Waals surface area contributed by atoms with Crippen LogP contribution in [0.3, 0.4) is 0 Å². The van der Waals surface area contributed by atoms with Gasteiger partial charge in [0.25, 0.3) is 5.91 Å². The quantitative estimate of drug-likeness (QED) is 0.869. The minimum absolute atomic E-state index is 0.191. The van der Waals surface area contributed by atoms with Crippen LogP contribution in [-0.2, 0) is 0 Å². The van der Waals surface area contributed by atoms with Crippen LogP contribution in [0.15, 0.2) is 24.8 Å². The highest BCUT2D eigenvalue weighted by Crippen LogP contribution is 2.26. The number of hydrogen-bond donors (Lipinski definition) is 1. The van der Waals surface area contributed by atoms with E-state index in [1.54, 1.807) is 45.7 Å². The molecule has 0 bridgehead atoms. The van der Waals surface area contributed by atoms with E-state index in [9.17, 15) is 9.90 Å². The standard InChI is InChI=1S/C17H22N6O2/c1-12-14(8-20-13(2)21-12)16(24)22(3)10-17(25)4-7-23(11-17)15-9-18-5-6-19-15/h5-6,8-9,25H,4,7,10-11H2,1-3H3. The molecule has 1 unspecified atom stereocenters. The van der Waals surface area contributed by atoms with Crippen molar-refractivity contribution in [3.05, 3.63) is 41.9 Å². The van der Waals surface area contributed by atoms with Crippen LogP contribution in [0.1, 0.15) is 28.3 Å². The van der Waals surface area contributed by atoms with Gasteiger partial charge in [0.1, 0.15) is 17.2 Å². The van der Waals surface area contributed by atoms with Gasteiger partial charge in [-0.3, -0.25) is 9.78 Å². The van der Waals surface area contributed by atoms with Gasteiger partial charge in [0.2, 0.25) is 0 Å². The van der Waals surface area contributed by atoms with E-state index < -0.39 is 5.60 Å². The summed E-state index contributed by atoms with van der Waals surface area (Å²) in [4.78, 5) is 32.8. The summed E-state index contributed by atoms with van der Waals surface area (Å²) in [5.41, 5.74) is 0.117. The molecule has 0 spiro atoms. The molecule has 8 nitrogen and oxygen atoms in total. The number of anilines is 1. The first-order valence-corrected chi connectivity index (χ1v) is 8.17. The number of carbonyl (C=O) groups excluding carboxylic acids is 1. The van der Waals surface area contributed by atoms with Crippen molar-refractivity contribution in [3.8, 4) is 0 Å². The molecular weight excluding hydrogens is 320 g/mol. The molecular formula is C17H22N6O2. The number of nitrogens with zero attached hydrogens (tertiary/aromatic N) is 6. The third-order valence-electron chi connectivity index (χ3n) is 4.41. The molecule has 2 aromatic heterocycles. The van der Waals surface area contributed by atoms with Crippen LogP contribution in [-0.4, -0.2) is 68.1 Å². The zero-order valence-corrected chi connectivity index (χ0v) is 14.7. The van der Waals surface area contributed by atoms with Crippen molar-refractivity contribution in [1.82, 2.24) is 24.8 Å². The summed E-state index contributed by atoms with van der Waals surface area (Å²) in [7, 11) is 1.69. The minimum Gasteiger partial charge on any atom is -0.386 e. The zero-order valence-electron chi connectivity index (χ0n) is 14.7. The normalized spacial score (nSPS) is 19.9. The molecule has 132 valence electrons. The molecule has 0 saturated carbocycles. The fourth-order valence-electron chi connectivity index (χ4n) is 3.15. The number of aliphatic hydroxyl groups is 1. The highest BCUT2D eigenvalue weighted by molar-refractivity contribution is 5.94. The topological polar surface area (TPSA) is 95.3 Å². The van der Waals surface area contributed by atoms with E-state index in [4.69, 9.17) is 0 Å². The molecule has 0 aromatic carbocycles. The summed E-state index contributed by atoms with van der Waals surface area (Å²) in [6.07, 6.45) is 7.02. The summed E-state index contributed by atoms with van der Waals surface area (Å²) < 4.78 is 0. The Hall–Kier alpha value is -2.61. The second-order valence-corrected chi connectivity index (χ2v) is 6.54. The lowest BCUT2D eigenvalue weighted by molar-refractivity contribution is 0.0263. The SMILES string of the molecule is Cc1ncc(C(=O)N(C)CC2(O)CCN(c3cnccn3)C2)c(C)n1. The van der Waals surface area contributed by atoms with E-state index in [0.29, 0.717) is 36.6 Å². The second-order valence-electron chi connectivity index (χ2n) is 6.54. The lowest BCUT2D eigenvalue weighted by atomic mass is 10.0. The van der Waals surface area contributed by atoms with Gasteiger partial charge in [-0.1, -0.05) is 0 Å². The highest BCUT2D eigenvalue weighted by Gasteiger charge is 2.38. The number of hydrogen-bond acceptors (Lipinski definition) is 7. The maximum absolute atomic E-state index is 12.7. The molecule has 3 heterocycles. The van der Waals surface area contributed by atoms with Crippen LogP contribution in [0.25, 0.3) is 0 Å². The van der Waals surface area contributed by atoms with Crippen molar-refractivity contribution in [1.29, 1.82) is 0 Å². The molecule has 1 saturated heterocycles. The van der Waals surface area contributed by atoms with Gasteiger partial charge in [0, 0.05) is 38.7 Å². The van der Waals surface area contributed by atoms with Gasteiger partial charge in [-0.25, -0.2) is 15.0 Å². The average molecular weight is 342 g/mol. The van der Waals surface area contributed by atoms with E-state index in [0.717, 1.165) is 5.82 Å². The number of amides is 1. The first-order valence-electron chi connectivity index (χ1n) is 8.17. The Morgan fingerprint density at radius 1 is 1.32 bits per heavy atom. The number of β-amino-alcohol motifs (C(OH)–C–C–N with tert-alkyl or cyclic N) is 1. The number of aromatic nitrogens is 4. The van der Waals surface area contributed by atoms with Crippen molar-refractivity contribution in [2.24, 2.45) is 0 Å². The molecule has 1 fully saturated rings. The van der Waals surface area contributed by atoms with Crippen molar-refractivity contribution in [2.75, 3.05) is 31.6 Å². The molecule has 3 rings (SSSR count). The van der Waals surface area contributed by atoms with Gasteiger partial charge in [-0.05, 0) is 20.3 Å². The van der Waals surface area contributed by atoms with Crippen molar-refractivity contribution >= 4 is 11.7 Å². The Balaban J connectivity index is 1.68. The molecule has 1 N–H and O–H groups in total. The molecule has 2 aromatic rings. The predicted octanol–water partition coefficient (Wildman–Crippen LogP) is 0.597. The summed E-state index contributed by atoms with van der Waals surface area (Å²) in [6, 6.07) is 0. The van der Waals surface area contributed by atoms with Gasteiger partial charge in [-0.2, -0.15) is 0 Å². The van der Waals surface area contributed by atoms with E-state index in [2.05, 4.69) is 19.9 Å². The molecule has 1 aliphatic heterocycles. The Morgan fingerprint density at radius 2 is 2.12 bits per heavy atom. The minimum atomic E-state index is -0.985. The van der Waals surface area contributed by atoms with Crippen LogP contribution in [0, 0.1) is 13.8 Å². The van der Waals surface area contributed by atoms with Gasteiger partial charge in [-0.15, -0.1) is 0 Å². The summed E-state index contributed by atoms with van der Waals surface area (Å²) in [5.74, 6) is 1.17. The van der Waals surface area contributed by atoms with Gasteiger partial charge in [0.15, 0.2) is 0 Å². The van der Waals surface area contributed by atoms with Gasteiger partial charge < -0.3 is 14.9 Å². The van der Waals surface area contributed by atoms with Crippen molar-refractivity contribution in [3.63, 3.8) is 0 Å². The highest BCUT2D eigenvalue weighted by atomic mass is 16.3. The number of aryl methyl sites for hydroxylation is 2. The molecule has 1 atom stereocenters. The summed E-state index contributed by atoms with van der Waals surface area (Å²) in [5, 5.41) is 10.9. The fourth-order valence-corrected chi connectivity index (χ4v) is 3.15. The zero-order chi connectivity index (χ0) is 18.0. The van der Waals surface area contributed by atoms with E-state index in [1.165, 1.54) is 4.90 Å². The monoisotopic (exact) mass is 342 g/mol. The molecule has 8 heteroatoms. The van der Waals surface area contributed by atoms with Crippen LogP contribution in [0.4, 0.5) is 5.82 Å². The summed E-state index contributed by atoms with van der Waals surface area (Å²) >= 11 is 0. The maximum atomic E-state index is 12.7. The Bertz CT molecular complexity index is 769. The summed E-state index contributed by atoms with van der Waals surface area (Å²) in [6.45, 7) is 4.88. The Labute approximate surface area is 146 Å². The van der Waals surface area contributed by atoms with Crippen LogP contribution < -0.4 is 4.90 Å². The van der Waals surface area contributed by atoms with Crippen LogP contribution >= 0.6 is 0 Å². The van der Waals surface area contributed by atoms with Crippen LogP contribution in [0.5, 0.6) is 0 Å². The number of carbonyl (C=O) groups is 1. The van der Waals surface area contributed by atoms with Crippen molar-refractivity contribution in [2.45, 2.75) is 25.9 Å². The molecule has 0 aliphatic carbocycles. The molecule has 25 heavy (non-hydrogen) atoms. The van der Waals surface area contributed by atoms with Crippen molar-refractivity contribution < 1.29 is 9.90 Å². The van der Waals surface area contributed by atoms with Crippen LogP contribution in [0.2, 0.25) is 0 Å². The number of rotatable bonds is 4. The second kappa shape index (κ2) is 6.72. The number of likely N-dealkylation sites (N-methyl/N-ethyl adjacent to an activating group) is 1.